The normalized spacial score (nSPS) is 16.3. The Morgan fingerprint density at radius 2 is 2.20 bits per heavy atom. The van der Waals surface area contributed by atoms with Crippen LogP contribution >= 0.6 is 11.3 Å². The number of benzene rings is 1. The number of nitrogens with zero attached hydrogens (tertiary/aromatic N) is 2. The first-order chi connectivity index (χ1) is 14.7. The summed E-state index contributed by atoms with van der Waals surface area (Å²) in [6.45, 7) is 2.88. The third-order valence-corrected chi connectivity index (χ3v) is 6.55. The molecule has 1 atom stereocenters. The maximum Gasteiger partial charge on any atom is 0.317 e. The molecule has 1 N–H and O–H groups in total. The lowest BCUT2D eigenvalue weighted by Crippen LogP contribution is -2.43. The van der Waals surface area contributed by atoms with Crippen LogP contribution < -0.4 is 5.32 Å². The molecule has 1 saturated heterocycles. The van der Waals surface area contributed by atoms with Crippen molar-refractivity contribution in [2.24, 2.45) is 7.05 Å². The van der Waals surface area contributed by atoms with Crippen LogP contribution in [0.4, 0.5) is 4.79 Å². The molecule has 160 valence electrons. The first-order valence-corrected chi connectivity index (χ1v) is 11.3. The average molecular weight is 428 g/mol. The molecule has 2 amide bonds. The Balaban J connectivity index is 1.63. The summed E-state index contributed by atoms with van der Waals surface area (Å²) in [6, 6.07) is 12.5. The largest absolute Gasteiger partial charge is 0.383 e. The summed E-state index contributed by atoms with van der Waals surface area (Å²) in [6.07, 6.45) is 2.19. The Bertz CT molecular complexity index is 977. The number of amides is 2. The number of thiophene rings is 1. The van der Waals surface area contributed by atoms with Crippen LogP contribution in [-0.2, 0) is 23.1 Å². The number of urea groups is 1. The van der Waals surface area contributed by atoms with Crippen molar-refractivity contribution >= 4 is 28.3 Å². The van der Waals surface area contributed by atoms with Gasteiger partial charge in [0.25, 0.3) is 0 Å². The highest BCUT2D eigenvalue weighted by Crippen LogP contribution is 2.36. The first-order valence-electron chi connectivity index (χ1n) is 10.4. The molecular weight excluding hydrogens is 398 g/mol. The van der Waals surface area contributed by atoms with Crippen molar-refractivity contribution in [1.29, 1.82) is 0 Å². The number of carbonyl (C=O) groups excluding carboxylic acids is 1. The lowest BCUT2D eigenvalue weighted by molar-refractivity contribution is 0.106. The Kier molecular flexibility index (Phi) is 6.72. The van der Waals surface area contributed by atoms with E-state index in [0.29, 0.717) is 26.2 Å². The fourth-order valence-corrected chi connectivity index (χ4v) is 4.95. The molecule has 1 aliphatic heterocycles. The van der Waals surface area contributed by atoms with E-state index in [9.17, 15) is 4.79 Å². The molecule has 1 fully saturated rings. The van der Waals surface area contributed by atoms with Gasteiger partial charge in [0.2, 0.25) is 0 Å². The van der Waals surface area contributed by atoms with Crippen LogP contribution in [-0.4, -0.2) is 55.0 Å². The van der Waals surface area contributed by atoms with Gasteiger partial charge in [0.1, 0.15) is 0 Å². The minimum absolute atomic E-state index is 0.0763. The van der Waals surface area contributed by atoms with Crippen LogP contribution in [0.15, 0.2) is 41.8 Å². The van der Waals surface area contributed by atoms with Crippen LogP contribution in [0.3, 0.4) is 0 Å². The van der Waals surface area contributed by atoms with E-state index in [4.69, 9.17) is 9.47 Å². The molecule has 1 unspecified atom stereocenters. The van der Waals surface area contributed by atoms with E-state index in [1.165, 1.54) is 27.0 Å². The number of fused-ring (bicyclic) bond motifs is 1. The van der Waals surface area contributed by atoms with Gasteiger partial charge in [-0.3, -0.25) is 0 Å². The number of hydrogen-bond acceptors (Lipinski definition) is 4. The maximum atomic E-state index is 13.1. The quantitative estimate of drug-likeness (QED) is 0.585. The van der Waals surface area contributed by atoms with E-state index >= 15 is 0 Å². The van der Waals surface area contributed by atoms with Gasteiger partial charge < -0.3 is 24.3 Å². The molecule has 1 aromatic carbocycles. The topological polar surface area (TPSA) is 55.7 Å². The molecule has 7 heteroatoms. The third-order valence-electron chi connectivity index (χ3n) is 5.67. The average Bonchev–Trinajstić information content (AvgIpc) is 3.51. The highest BCUT2D eigenvalue weighted by molar-refractivity contribution is 7.13. The van der Waals surface area contributed by atoms with E-state index in [1.807, 2.05) is 4.90 Å². The fourth-order valence-electron chi connectivity index (χ4n) is 4.12. The van der Waals surface area contributed by atoms with Crippen molar-refractivity contribution < 1.29 is 14.3 Å². The minimum Gasteiger partial charge on any atom is -0.383 e. The molecular formula is C23H29N3O3S. The molecule has 0 bridgehead atoms. The monoisotopic (exact) mass is 427 g/mol. The summed E-state index contributed by atoms with van der Waals surface area (Å²) in [5, 5.41) is 6.33. The van der Waals surface area contributed by atoms with Gasteiger partial charge in [-0.25, -0.2) is 4.79 Å². The summed E-state index contributed by atoms with van der Waals surface area (Å²) < 4.78 is 13.2. The lowest BCUT2D eigenvalue weighted by atomic mass is 10.1. The number of rotatable bonds is 8. The highest BCUT2D eigenvalue weighted by atomic mass is 32.1. The van der Waals surface area contributed by atoms with Crippen LogP contribution in [0, 0.1) is 0 Å². The Morgan fingerprint density at radius 1 is 1.33 bits per heavy atom. The molecule has 1 aliphatic rings. The van der Waals surface area contributed by atoms with Gasteiger partial charge >= 0.3 is 6.03 Å². The number of methoxy groups -OCH3 is 1. The molecule has 4 rings (SSSR count). The zero-order chi connectivity index (χ0) is 20.9. The summed E-state index contributed by atoms with van der Waals surface area (Å²) >= 11 is 1.72. The molecule has 0 spiro atoms. The van der Waals surface area contributed by atoms with Gasteiger partial charge in [-0.1, -0.05) is 24.3 Å². The predicted molar refractivity (Wildman–Crippen MR) is 121 cm³/mol. The van der Waals surface area contributed by atoms with Crippen molar-refractivity contribution in [3.63, 3.8) is 0 Å². The van der Waals surface area contributed by atoms with Crippen molar-refractivity contribution in [2.75, 3.05) is 33.4 Å². The number of ether oxygens (including phenoxy) is 2. The molecule has 2 aromatic heterocycles. The molecule has 30 heavy (non-hydrogen) atoms. The Hall–Kier alpha value is -2.35. The zero-order valence-electron chi connectivity index (χ0n) is 17.6. The molecule has 0 radical (unpaired) electrons. The number of carbonyl (C=O) groups is 1. The fraction of sp³-hybridized carbons (Fsp3) is 0.435. The standard InChI is InChI=1S/C23H29N3O3S/c1-25-20-9-4-3-8-18(20)19(22(25)21-10-6-14-30-21)16-26(11-13-28-2)23(27)24-15-17-7-5-12-29-17/h3-4,6,8-10,14,17H,5,7,11-13,15-16H2,1-2H3,(H,24,27). The van der Waals surface area contributed by atoms with E-state index in [1.54, 1.807) is 18.4 Å². The molecule has 3 heterocycles. The van der Waals surface area contributed by atoms with Crippen molar-refractivity contribution in [2.45, 2.75) is 25.5 Å². The summed E-state index contributed by atoms with van der Waals surface area (Å²) in [7, 11) is 3.76. The molecule has 0 aliphatic carbocycles. The van der Waals surface area contributed by atoms with E-state index in [-0.39, 0.29) is 12.1 Å². The number of nitrogens with one attached hydrogen (secondary N) is 1. The smallest absolute Gasteiger partial charge is 0.317 e. The second-order valence-electron chi connectivity index (χ2n) is 7.62. The van der Waals surface area contributed by atoms with Gasteiger partial charge in [-0.2, -0.15) is 0 Å². The molecule has 6 nitrogen and oxygen atoms in total. The van der Waals surface area contributed by atoms with Crippen LogP contribution in [0.25, 0.3) is 21.5 Å². The van der Waals surface area contributed by atoms with Gasteiger partial charge in [0.05, 0.1) is 29.8 Å². The Morgan fingerprint density at radius 3 is 2.93 bits per heavy atom. The van der Waals surface area contributed by atoms with Gasteiger partial charge in [-0.05, 0) is 30.4 Å². The summed E-state index contributed by atoms with van der Waals surface area (Å²) in [5.41, 5.74) is 3.50. The van der Waals surface area contributed by atoms with Crippen molar-refractivity contribution in [3.8, 4) is 10.6 Å². The van der Waals surface area contributed by atoms with Crippen LogP contribution in [0.2, 0.25) is 0 Å². The number of para-hydroxylation sites is 1. The maximum absolute atomic E-state index is 13.1. The highest BCUT2D eigenvalue weighted by Gasteiger charge is 2.23. The van der Waals surface area contributed by atoms with Crippen molar-refractivity contribution in [1.82, 2.24) is 14.8 Å². The van der Waals surface area contributed by atoms with Crippen molar-refractivity contribution in [3.05, 3.63) is 47.3 Å². The number of aryl methyl sites for hydroxylation is 1. The van der Waals surface area contributed by atoms with E-state index in [0.717, 1.165) is 19.4 Å². The lowest BCUT2D eigenvalue weighted by Gasteiger charge is -2.24. The first kappa shape index (κ1) is 20.9. The SMILES string of the molecule is COCCN(Cc1c(-c2cccs2)n(C)c2ccccc12)C(=O)NCC1CCCO1. The van der Waals surface area contributed by atoms with E-state index in [2.05, 4.69) is 58.7 Å². The zero-order valence-corrected chi connectivity index (χ0v) is 18.4. The summed E-state index contributed by atoms with van der Waals surface area (Å²) in [4.78, 5) is 16.1. The second kappa shape index (κ2) is 9.64. The predicted octanol–water partition coefficient (Wildman–Crippen LogP) is 4.24. The van der Waals surface area contributed by atoms with Gasteiger partial charge in [-0.15, -0.1) is 11.3 Å². The van der Waals surface area contributed by atoms with Gasteiger partial charge in [0, 0.05) is 50.3 Å². The molecule has 0 saturated carbocycles. The summed E-state index contributed by atoms with van der Waals surface area (Å²) in [5.74, 6) is 0. The Labute approximate surface area is 181 Å². The second-order valence-corrected chi connectivity index (χ2v) is 8.56. The number of hydrogen-bond donors (Lipinski definition) is 1. The number of aromatic nitrogens is 1. The van der Waals surface area contributed by atoms with Crippen LogP contribution in [0.5, 0.6) is 0 Å². The van der Waals surface area contributed by atoms with Gasteiger partial charge in [0.15, 0.2) is 0 Å². The van der Waals surface area contributed by atoms with E-state index < -0.39 is 0 Å². The molecule has 3 aromatic rings. The van der Waals surface area contributed by atoms with Crippen LogP contribution in [0.1, 0.15) is 18.4 Å². The third kappa shape index (κ3) is 4.38. The minimum atomic E-state index is -0.0763.